The first-order valence-electron chi connectivity index (χ1n) is 9.17. The molecular weight excluding hydrogens is 350 g/mol. The maximum Gasteiger partial charge on any atom is 0.238 e. The van der Waals surface area contributed by atoms with E-state index in [9.17, 15) is 9.59 Å². The van der Waals surface area contributed by atoms with Crippen molar-refractivity contribution in [3.8, 4) is 0 Å². The molecule has 26 heavy (non-hydrogen) atoms. The quantitative estimate of drug-likeness (QED) is 0.680. The molecule has 5 nitrogen and oxygen atoms in total. The standard InChI is InChI=1S/C20H28ClN3O2/c1-15(20(26)22-13-12-16-6-4-3-5-7-16)24(2)14-19(25)23-18-10-8-17(21)9-11-18/h6,8-11,15H,3-5,7,12-14H2,1-2H3,(H,22,26)(H,23,25)/t15-/m0/s1. The van der Waals surface area contributed by atoms with Gasteiger partial charge in [0.25, 0.3) is 0 Å². The summed E-state index contributed by atoms with van der Waals surface area (Å²) in [5, 5.41) is 6.39. The lowest BCUT2D eigenvalue weighted by Gasteiger charge is -2.23. The fraction of sp³-hybridized carbons (Fsp3) is 0.500. The second kappa shape index (κ2) is 10.3. The molecule has 0 aromatic heterocycles. The minimum Gasteiger partial charge on any atom is -0.354 e. The van der Waals surface area contributed by atoms with Crippen molar-refractivity contribution in [2.24, 2.45) is 0 Å². The molecule has 6 heteroatoms. The predicted molar refractivity (Wildman–Crippen MR) is 106 cm³/mol. The van der Waals surface area contributed by atoms with Crippen LogP contribution in [-0.4, -0.2) is 42.9 Å². The first-order valence-corrected chi connectivity index (χ1v) is 9.55. The molecule has 0 heterocycles. The Morgan fingerprint density at radius 1 is 1.23 bits per heavy atom. The Balaban J connectivity index is 1.71. The van der Waals surface area contributed by atoms with Gasteiger partial charge in [0.05, 0.1) is 12.6 Å². The van der Waals surface area contributed by atoms with Crippen LogP contribution >= 0.6 is 11.6 Å². The van der Waals surface area contributed by atoms with Crippen molar-refractivity contribution in [2.45, 2.75) is 45.1 Å². The molecule has 0 unspecified atom stereocenters. The van der Waals surface area contributed by atoms with E-state index in [0.717, 1.165) is 19.3 Å². The van der Waals surface area contributed by atoms with Crippen molar-refractivity contribution in [2.75, 3.05) is 25.5 Å². The fourth-order valence-corrected chi connectivity index (χ4v) is 3.05. The molecule has 0 bridgehead atoms. The van der Waals surface area contributed by atoms with Gasteiger partial charge in [0.1, 0.15) is 0 Å². The number of anilines is 1. The highest BCUT2D eigenvalue weighted by Crippen LogP contribution is 2.19. The molecule has 0 radical (unpaired) electrons. The summed E-state index contributed by atoms with van der Waals surface area (Å²) in [6.07, 6.45) is 8.05. The van der Waals surface area contributed by atoms with Crippen LogP contribution in [0.4, 0.5) is 5.69 Å². The van der Waals surface area contributed by atoms with Crippen LogP contribution in [0.1, 0.15) is 39.0 Å². The van der Waals surface area contributed by atoms with E-state index in [2.05, 4.69) is 16.7 Å². The second-order valence-corrected chi connectivity index (χ2v) is 7.23. The first-order chi connectivity index (χ1) is 12.5. The van der Waals surface area contributed by atoms with Gasteiger partial charge in [-0.2, -0.15) is 0 Å². The molecule has 2 amide bonds. The van der Waals surface area contributed by atoms with Gasteiger partial charge >= 0.3 is 0 Å². The molecule has 0 saturated carbocycles. The topological polar surface area (TPSA) is 61.4 Å². The van der Waals surface area contributed by atoms with Crippen LogP contribution < -0.4 is 10.6 Å². The molecule has 1 aliphatic carbocycles. The van der Waals surface area contributed by atoms with Crippen LogP contribution in [0.3, 0.4) is 0 Å². The Labute approximate surface area is 160 Å². The average Bonchev–Trinajstić information content (AvgIpc) is 2.63. The molecule has 0 aliphatic heterocycles. The summed E-state index contributed by atoms with van der Waals surface area (Å²) < 4.78 is 0. The molecule has 1 atom stereocenters. The number of hydrogen-bond acceptors (Lipinski definition) is 3. The zero-order chi connectivity index (χ0) is 18.9. The van der Waals surface area contributed by atoms with E-state index < -0.39 is 0 Å². The monoisotopic (exact) mass is 377 g/mol. The number of nitrogens with zero attached hydrogens (tertiary/aromatic N) is 1. The van der Waals surface area contributed by atoms with E-state index in [1.807, 2.05) is 6.92 Å². The molecule has 1 aromatic rings. The summed E-state index contributed by atoms with van der Waals surface area (Å²) in [7, 11) is 1.77. The minimum absolute atomic E-state index is 0.0526. The molecule has 0 spiro atoms. The highest BCUT2D eigenvalue weighted by Gasteiger charge is 2.20. The van der Waals surface area contributed by atoms with Crippen molar-refractivity contribution in [1.82, 2.24) is 10.2 Å². The lowest BCUT2D eigenvalue weighted by atomic mass is 9.97. The average molecular weight is 378 g/mol. The van der Waals surface area contributed by atoms with E-state index in [1.54, 1.807) is 36.2 Å². The highest BCUT2D eigenvalue weighted by atomic mass is 35.5. The van der Waals surface area contributed by atoms with Crippen LogP contribution in [0.2, 0.25) is 5.02 Å². The van der Waals surface area contributed by atoms with Crippen LogP contribution in [-0.2, 0) is 9.59 Å². The molecule has 0 fully saturated rings. The van der Waals surface area contributed by atoms with Crippen LogP contribution in [0, 0.1) is 0 Å². The largest absolute Gasteiger partial charge is 0.354 e. The number of nitrogens with one attached hydrogen (secondary N) is 2. The normalized spacial score (nSPS) is 15.3. The summed E-state index contributed by atoms with van der Waals surface area (Å²) in [5.74, 6) is -0.218. The number of carbonyl (C=O) groups excluding carboxylic acids is 2. The summed E-state index contributed by atoms with van der Waals surface area (Å²) in [5.41, 5.74) is 2.13. The number of hydrogen-bond donors (Lipinski definition) is 2. The van der Waals surface area contributed by atoms with Gasteiger partial charge in [0.2, 0.25) is 11.8 Å². The van der Waals surface area contributed by atoms with Gasteiger partial charge < -0.3 is 10.6 Å². The molecule has 1 aromatic carbocycles. The van der Waals surface area contributed by atoms with Gasteiger partial charge in [0.15, 0.2) is 0 Å². The first kappa shape index (κ1) is 20.5. The van der Waals surface area contributed by atoms with Crippen molar-refractivity contribution < 1.29 is 9.59 Å². The van der Waals surface area contributed by atoms with Gasteiger partial charge in [-0.3, -0.25) is 14.5 Å². The van der Waals surface area contributed by atoms with Crippen molar-refractivity contribution >= 4 is 29.1 Å². The maximum absolute atomic E-state index is 12.3. The molecule has 0 saturated heterocycles. The van der Waals surface area contributed by atoms with E-state index in [0.29, 0.717) is 17.3 Å². The predicted octanol–water partition coefficient (Wildman–Crippen LogP) is 3.61. The number of rotatable bonds is 8. The van der Waals surface area contributed by atoms with Crippen LogP contribution in [0.25, 0.3) is 0 Å². The molecular formula is C20H28ClN3O2. The Kier molecular flexibility index (Phi) is 8.13. The molecule has 2 rings (SSSR count). The van der Waals surface area contributed by atoms with Crippen LogP contribution in [0.5, 0.6) is 0 Å². The molecule has 2 N–H and O–H groups in total. The molecule has 142 valence electrons. The van der Waals surface area contributed by atoms with Gasteiger partial charge in [0, 0.05) is 17.3 Å². The SMILES string of the molecule is C[C@@H](C(=O)NCCC1=CCCCC1)N(C)CC(=O)Nc1ccc(Cl)cc1. The van der Waals surface area contributed by atoms with Gasteiger partial charge in [-0.1, -0.05) is 23.3 Å². The Morgan fingerprint density at radius 3 is 2.62 bits per heavy atom. The van der Waals surface area contributed by atoms with Crippen LogP contribution in [0.15, 0.2) is 35.9 Å². The maximum atomic E-state index is 12.3. The van der Waals surface area contributed by atoms with Crippen molar-refractivity contribution in [3.63, 3.8) is 0 Å². The lowest BCUT2D eigenvalue weighted by molar-refractivity contribution is -0.126. The summed E-state index contributed by atoms with van der Waals surface area (Å²) >= 11 is 5.83. The number of amides is 2. The second-order valence-electron chi connectivity index (χ2n) is 6.80. The zero-order valence-electron chi connectivity index (χ0n) is 15.6. The van der Waals surface area contributed by atoms with E-state index in [-0.39, 0.29) is 24.4 Å². The number of halogens is 1. The Hall–Kier alpha value is -1.85. The zero-order valence-corrected chi connectivity index (χ0v) is 16.3. The van der Waals surface area contributed by atoms with Gasteiger partial charge in [-0.05, 0) is 70.3 Å². The number of carbonyl (C=O) groups is 2. The van der Waals surface area contributed by atoms with E-state index in [1.165, 1.54) is 18.4 Å². The third-order valence-corrected chi connectivity index (χ3v) is 4.94. The summed E-state index contributed by atoms with van der Waals surface area (Å²) in [6, 6.07) is 6.57. The third-order valence-electron chi connectivity index (χ3n) is 4.69. The number of allylic oxidation sites excluding steroid dienone is 1. The smallest absolute Gasteiger partial charge is 0.238 e. The van der Waals surface area contributed by atoms with E-state index >= 15 is 0 Å². The number of benzene rings is 1. The van der Waals surface area contributed by atoms with Crippen molar-refractivity contribution in [3.05, 3.63) is 40.9 Å². The highest BCUT2D eigenvalue weighted by molar-refractivity contribution is 6.30. The Morgan fingerprint density at radius 2 is 1.96 bits per heavy atom. The molecule has 1 aliphatic rings. The number of likely N-dealkylation sites (N-methyl/N-ethyl adjacent to an activating group) is 1. The third kappa shape index (κ3) is 6.81. The summed E-state index contributed by atoms with van der Waals surface area (Å²) in [6.45, 7) is 2.60. The Bertz CT molecular complexity index is 643. The minimum atomic E-state index is -0.369. The lowest BCUT2D eigenvalue weighted by Crippen LogP contribution is -2.46. The van der Waals surface area contributed by atoms with Gasteiger partial charge in [-0.25, -0.2) is 0 Å². The summed E-state index contributed by atoms with van der Waals surface area (Å²) in [4.78, 5) is 26.2. The van der Waals surface area contributed by atoms with E-state index in [4.69, 9.17) is 11.6 Å². The van der Waals surface area contributed by atoms with Crippen molar-refractivity contribution in [1.29, 1.82) is 0 Å². The fourth-order valence-electron chi connectivity index (χ4n) is 2.92. The van der Waals surface area contributed by atoms with Gasteiger partial charge in [-0.15, -0.1) is 0 Å².